The normalized spacial score (nSPS) is 12.3. The molecule has 0 aliphatic rings. The lowest BCUT2D eigenvalue weighted by Gasteiger charge is -2.06. The zero-order valence-corrected chi connectivity index (χ0v) is 10.7. The molecule has 0 aromatic carbocycles. The number of rotatable bonds is 8. The van der Waals surface area contributed by atoms with Crippen molar-refractivity contribution in [3.63, 3.8) is 0 Å². The molecular weight excluding hydrogens is 220 g/mol. The minimum Gasteiger partial charge on any atom is -0.229 e. The van der Waals surface area contributed by atoms with Crippen LogP contribution in [0.25, 0.3) is 0 Å². The number of unbranched alkanes of at least 4 members (excludes halogenated alkanes) is 3. The molecule has 0 heterocycles. The summed E-state index contributed by atoms with van der Waals surface area (Å²) in [6, 6.07) is 0. The second-order valence-electron chi connectivity index (χ2n) is 4.11. The maximum atomic E-state index is 11.4. The Morgan fingerprint density at radius 3 is 2.14 bits per heavy atom. The third-order valence-electron chi connectivity index (χ3n) is 1.93. The van der Waals surface area contributed by atoms with Gasteiger partial charge in [0.05, 0.1) is 11.5 Å². The topological polar surface area (TPSA) is 34.1 Å². The predicted octanol–water partition coefficient (Wildman–Crippen LogP) is 2.86. The molecule has 0 spiro atoms. The van der Waals surface area contributed by atoms with Crippen LogP contribution in [0.4, 0.5) is 0 Å². The van der Waals surface area contributed by atoms with Crippen LogP contribution >= 0.6 is 11.6 Å². The van der Waals surface area contributed by atoms with Crippen LogP contribution in [-0.2, 0) is 9.84 Å². The second-order valence-corrected chi connectivity index (χ2v) is 6.72. The molecule has 4 heteroatoms. The highest BCUT2D eigenvalue weighted by molar-refractivity contribution is 7.91. The lowest BCUT2D eigenvalue weighted by Crippen LogP contribution is -2.15. The van der Waals surface area contributed by atoms with Crippen LogP contribution in [-0.4, -0.2) is 25.8 Å². The Morgan fingerprint density at radius 2 is 1.64 bits per heavy atom. The van der Waals surface area contributed by atoms with Gasteiger partial charge in [-0.1, -0.05) is 26.7 Å². The minimum absolute atomic E-state index is 0.239. The third-order valence-corrected chi connectivity index (χ3v) is 4.28. The molecule has 0 radical (unpaired) electrons. The van der Waals surface area contributed by atoms with Gasteiger partial charge in [-0.2, -0.15) is 0 Å². The van der Waals surface area contributed by atoms with Gasteiger partial charge in [0.1, 0.15) is 0 Å². The van der Waals surface area contributed by atoms with E-state index in [1.54, 1.807) is 0 Å². The first-order chi connectivity index (χ1) is 6.48. The zero-order chi connectivity index (χ0) is 11.0. The minimum atomic E-state index is -2.80. The molecule has 0 aliphatic heterocycles. The van der Waals surface area contributed by atoms with E-state index in [2.05, 4.69) is 0 Å². The van der Waals surface area contributed by atoms with Gasteiger partial charge >= 0.3 is 0 Å². The summed E-state index contributed by atoms with van der Waals surface area (Å²) < 4.78 is 22.9. The van der Waals surface area contributed by atoms with Crippen LogP contribution in [0.1, 0.15) is 39.5 Å². The van der Waals surface area contributed by atoms with Crippen molar-refractivity contribution in [1.29, 1.82) is 0 Å². The summed E-state index contributed by atoms with van der Waals surface area (Å²) in [5.41, 5.74) is 0. The van der Waals surface area contributed by atoms with Crippen LogP contribution in [0.3, 0.4) is 0 Å². The quantitative estimate of drug-likeness (QED) is 0.483. The first-order valence-corrected chi connectivity index (χ1v) is 7.60. The van der Waals surface area contributed by atoms with Crippen LogP contribution in [0.5, 0.6) is 0 Å². The first-order valence-electron chi connectivity index (χ1n) is 5.24. The number of hydrogen-bond donors (Lipinski definition) is 0. The molecule has 0 aromatic heterocycles. The number of hydrogen-bond acceptors (Lipinski definition) is 2. The summed E-state index contributed by atoms with van der Waals surface area (Å²) in [6.45, 7) is 3.87. The largest absolute Gasteiger partial charge is 0.229 e. The zero-order valence-electron chi connectivity index (χ0n) is 9.13. The molecule has 0 amide bonds. The van der Waals surface area contributed by atoms with Gasteiger partial charge in [-0.25, -0.2) is 8.42 Å². The highest BCUT2D eigenvalue weighted by atomic mass is 35.5. The fourth-order valence-corrected chi connectivity index (χ4v) is 3.38. The van der Waals surface area contributed by atoms with E-state index in [-0.39, 0.29) is 5.92 Å². The standard InChI is InChI=1S/C10H21ClO2S/c1-10(2)9-14(12,13)8-6-4-3-5-7-11/h10H,3-9H2,1-2H3. The maximum Gasteiger partial charge on any atom is 0.150 e. The van der Waals surface area contributed by atoms with Crippen LogP contribution in [0.2, 0.25) is 0 Å². The molecule has 0 saturated heterocycles. The Kier molecular flexibility index (Phi) is 7.65. The highest BCUT2D eigenvalue weighted by Crippen LogP contribution is 2.06. The van der Waals surface area contributed by atoms with E-state index < -0.39 is 9.84 Å². The van der Waals surface area contributed by atoms with E-state index in [4.69, 9.17) is 11.6 Å². The van der Waals surface area contributed by atoms with Crippen molar-refractivity contribution in [3.8, 4) is 0 Å². The molecule has 0 atom stereocenters. The van der Waals surface area contributed by atoms with Crippen molar-refractivity contribution in [3.05, 3.63) is 0 Å². The van der Waals surface area contributed by atoms with Gasteiger partial charge in [0.25, 0.3) is 0 Å². The van der Waals surface area contributed by atoms with Crippen LogP contribution in [0.15, 0.2) is 0 Å². The Balaban J connectivity index is 3.56. The highest BCUT2D eigenvalue weighted by Gasteiger charge is 2.12. The summed E-state index contributed by atoms with van der Waals surface area (Å²) >= 11 is 5.52. The summed E-state index contributed by atoms with van der Waals surface area (Å²) in [4.78, 5) is 0. The van der Waals surface area contributed by atoms with Gasteiger partial charge in [-0.05, 0) is 18.8 Å². The van der Waals surface area contributed by atoms with Crippen LogP contribution in [0, 0.1) is 5.92 Å². The Labute approximate surface area is 93.0 Å². The summed E-state index contributed by atoms with van der Waals surface area (Å²) in [5.74, 6) is 1.58. The molecule has 0 unspecified atom stereocenters. The predicted molar refractivity (Wildman–Crippen MR) is 62.7 cm³/mol. The average Bonchev–Trinajstić information content (AvgIpc) is 2.01. The number of halogens is 1. The molecule has 0 aliphatic carbocycles. The summed E-state index contributed by atoms with van der Waals surface area (Å²) in [5, 5.41) is 0. The smallest absolute Gasteiger partial charge is 0.150 e. The molecule has 0 bridgehead atoms. The van der Waals surface area contributed by atoms with E-state index in [1.807, 2.05) is 13.8 Å². The van der Waals surface area contributed by atoms with Gasteiger partial charge < -0.3 is 0 Å². The van der Waals surface area contributed by atoms with Crippen molar-refractivity contribution < 1.29 is 8.42 Å². The van der Waals surface area contributed by atoms with Crippen molar-refractivity contribution in [2.45, 2.75) is 39.5 Å². The van der Waals surface area contributed by atoms with Gasteiger partial charge in [0.15, 0.2) is 9.84 Å². The van der Waals surface area contributed by atoms with Gasteiger partial charge in [0, 0.05) is 5.88 Å². The number of sulfone groups is 1. The molecule has 0 rings (SSSR count). The molecule has 86 valence electrons. The van der Waals surface area contributed by atoms with Crippen molar-refractivity contribution >= 4 is 21.4 Å². The second kappa shape index (κ2) is 7.52. The van der Waals surface area contributed by atoms with Crippen LogP contribution < -0.4 is 0 Å². The van der Waals surface area contributed by atoms with Crippen molar-refractivity contribution in [1.82, 2.24) is 0 Å². The molecule has 0 aromatic rings. The average molecular weight is 241 g/mol. The fourth-order valence-electron chi connectivity index (χ4n) is 1.36. The maximum absolute atomic E-state index is 11.4. The molecule has 0 N–H and O–H groups in total. The van der Waals surface area contributed by atoms with E-state index in [0.29, 0.717) is 17.4 Å². The number of alkyl halides is 1. The summed E-state index contributed by atoms with van der Waals surface area (Å²) in [7, 11) is -2.80. The lowest BCUT2D eigenvalue weighted by molar-refractivity contribution is 0.576. The van der Waals surface area contributed by atoms with Gasteiger partial charge in [0.2, 0.25) is 0 Å². The molecule has 0 fully saturated rings. The lowest BCUT2D eigenvalue weighted by atomic mass is 10.2. The van der Waals surface area contributed by atoms with Gasteiger partial charge in [-0.3, -0.25) is 0 Å². The molecule has 2 nitrogen and oxygen atoms in total. The van der Waals surface area contributed by atoms with Crippen molar-refractivity contribution in [2.75, 3.05) is 17.4 Å². The van der Waals surface area contributed by atoms with E-state index >= 15 is 0 Å². The monoisotopic (exact) mass is 240 g/mol. The van der Waals surface area contributed by atoms with Gasteiger partial charge in [-0.15, -0.1) is 11.6 Å². The van der Waals surface area contributed by atoms with E-state index in [9.17, 15) is 8.42 Å². The molecule has 0 saturated carbocycles. The first kappa shape index (κ1) is 14.2. The SMILES string of the molecule is CC(C)CS(=O)(=O)CCCCCCCl. The molecular formula is C10H21ClO2S. The van der Waals surface area contributed by atoms with E-state index in [0.717, 1.165) is 25.7 Å². The fraction of sp³-hybridized carbons (Fsp3) is 1.00. The Morgan fingerprint density at radius 1 is 1.07 bits per heavy atom. The molecule has 14 heavy (non-hydrogen) atoms. The Hall–Kier alpha value is 0.240. The van der Waals surface area contributed by atoms with Crippen molar-refractivity contribution in [2.24, 2.45) is 5.92 Å². The van der Waals surface area contributed by atoms with E-state index in [1.165, 1.54) is 0 Å². The Bertz CT molecular complexity index is 222. The summed E-state index contributed by atoms with van der Waals surface area (Å²) in [6.07, 6.45) is 3.79. The third kappa shape index (κ3) is 8.82.